The van der Waals surface area contributed by atoms with Crippen molar-refractivity contribution in [2.75, 3.05) is 19.7 Å². The van der Waals surface area contributed by atoms with E-state index in [1.807, 2.05) is 0 Å². The van der Waals surface area contributed by atoms with Crippen molar-refractivity contribution in [2.45, 2.75) is 11.8 Å². The van der Waals surface area contributed by atoms with Crippen LogP contribution in [0.5, 0.6) is 0 Å². The first-order valence-corrected chi connectivity index (χ1v) is 7.56. The van der Waals surface area contributed by atoms with Gasteiger partial charge in [0.25, 0.3) is 0 Å². The number of nitrogens with two attached hydrogens (primary N) is 2. The van der Waals surface area contributed by atoms with Crippen LogP contribution in [-0.4, -0.2) is 34.2 Å². The molecule has 0 aliphatic heterocycles. The zero-order valence-corrected chi connectivity index (χ0v) is 12.4. The molecule has 0 aliphatic carbocycles. The standard InChI is InChI=1S/C13H17N3O4S/c1-10-4-5-11(3-2-6-14)9-12(10)21(18,19)16-7-8-20-13(15)17/h4-5,9,16H,6-8,14H2,1H3,(H2,15,17). The van der Waals surface area contributed by atoms with E-state index in [0.29, 0.717) is 11.1 Å². The molecule has 0 fully saturated rings. The maximum atomic E-state index is 12.2. The minimum absolute atomic E-state index is 0.0661. The maximum absolute atomic E-state index is 12.2. The lowest BCUT2D eigenvalue weighted by atomic mass is 10.1. The lowest BCUT2D eigenvalue weighted by molar-refractivity contribution is 0.159. The number of carbonyl (C=O) groups is 1. The van der Waals surface area contributed by atoms with Gasteiger partial charge in [-0.1, -0.05) is 17.9 Å². The van der Waals surface area contributed by atoms with Crippen LogP contribution in [0.1, 0.15) is 11.1 Å². The largest absolute Gasteiger partial charge is 0.448 e. The molecule has 7 nitrogen and oxygen atoms in total. The molecule has 0 spiro atoms. The molecule has 0 aliphatic rings. The quantitative estimate of drug-likeness (QED) is 0.507. The molecule has 1 amide bonds. The van der Waals surface area contributed by atoms with Gasteiger partial charge in [-0.25, -0.2) is 17.9 Å². The fraction of sp³-hybridized carbons (Fsp3) is 0.308. The van der Waals surface area contributed by atoms with Gasteiger partial charge in [-0.2, -0.15) is 0 Å². The number of ether oxygens (including phenoxy) is 1. The van der Waals surface area contributed by atoms with Crippen LogP contribution in [0.25, 0.3) is 0 Å². The van der Waals surface area contributed by atoms with Gasteiger partial charge >= 0.3 is 6.09 Å². The Balaban J connectivity index is 2.89. The highest BCUT2D eigenvalue weighted by atomic mass is 32.2. The second-order valence-corrected chi connectivity index (χ2v) is 5.79. The SMILES string of the molecule is Cc1ccc(C#CCN)cc1S(=O)(=O)NCCOC(N)=O. The fourth-order valence-electron chi connectivity index (χ4n) is 1.53. The van der Waals surface area contributed by atoms with Gasteiger partial charge in [-0.05, 0) is 24.6 Å². The molecule has 0 heterocycles. The van der Waals surface area contributed by atoms with Gasteiger partial charge in [0.15, 0.2) is 0 Å². The Hall–Kier alpha value is -2.08. The third-order valence-corrected chi connectivity index (χ3v) is 4.05. The zero-order valence-electron chi connectivity index (χ0n) is 11.5. The third-order valence-electron chi connectivity index (χ3n) is 2.45. The van der Waals surface area contributed by atoms with E-state index in [1.54, 1.807) is 19.1 Å². The topological polar surface area (TPSA) is 125 Å². The Morgan fingerprint density at radius 1 is 1.43 bits per heavy atom. The van der Waals surface area contributed by atoms with Crippen LogP contribution >= 0.6 is 0 Å². The number of nitrogens with one attached hydrogen (secondary N) is 1. The molecule has 114 valence electrons. The van der Waals surface area contributed by atoms with E-state index in [9.17, 15) is 13.2 Å². The second kappa shape index (κ2) is 7.64. The molecule has 0 unspecified atom stereocenters. The summed E-state index contributed by atoms with van der Waals surface area (Å²) in [6, 6.07) is 4.84. The van der Waals surface area contributed by atoms with Crippen molar-refractivity contribution < 1.29 is 17.9 Å². The molecule has 0 saturated carbocycles. The second-order valence-electron chi connectivity index (χ2n) is 4.05. The van der Waals surface area contributed by atoms with E-state index in [1.165, 1.54) is 6.07 Å². The van der Waals surface area contributed by atoms with Crippen LogP contribution in [0, 0.1) is 18.8 Å². The summed E-state index contributed by atoms with van der Waals surface area (Å²) >= 11 is 0. The molecule has 0 saturated heterocycles. The molecule has 21 heavy (non-hydrogen) atoms. The highest BCUT2D eigenvalue weighted by Crippen LogP contribution is 2.16. The predicted molar refractivity (Wildman–Crippen MR) is 77.8 cm³/mol. The van der Waals surface area contributed by atoms with Gasteiger partial charge in [0.05, 0.1) is 11.4 Å². The van der Waals surface area contributed by atoms with Gasteiger partial charge in [0.2, 0.25) is 10.0 Å². The van der Waals surface area contributed by atoms with Gasteiger partial charge in [0.1, 0.15) is 6.61 Å². The van der Waals surface area contributed by atoms with Crippen LogP contribution < -0.4 is 16.2 Å². The molecule has 8 heteroatoms. The molecule has 1 aromatic rings. The summed E-state index contributed by atoms with van der Waals surface area (Å²) in [6.07, 6.45) is -0.954. The fourth-order valence-corrected chi connectivity index (χ4v) is 2.81. The molecule has 0 atom stereocenters. The summed E-state index contributed by atoms with van der Waals surface area (Å²) in [5, 5.41) is 0. The third kappa shape index (κ3) is 5.43. The van der Waals surface area contributed by atoms with Crippen molar-refractivity contribution in [3.8, 4) is 11.8 Å². The molecule has 1 aromatic carbocycles. The predicted octanol–water partition coefficient (Wildman–Crippen LogP) is -0.321. The summed E-state index contributed by atoms with van der Waals surface area (Å²) in [5.41, 5.74) is 11.2. The first-order valence-electron chi connectivity index (χ1n) is 6.08. The van der Waals surface area contributed by atoms with Crippen molar-refractivity contribution in [3.63, 3.8) is 0 Å². The van der Waals surface area contributed by atoms with Crippen molar-refractivity contribution >= 4 is 16.1 Å². The number of rotatable bonds is 5. The van der Waals surface area contributed by atoms with E-state index < -0.39 is 16.1 Å². The van der Waals surface area contributed by atoms with Crippen molar-refractivity contribution in [1.82, 2.24) is 4.72 Å². The van der Waals surface area contributed by atoms with Gasteiger partial charge in [-0.15, -0.1) is 0 Å². The lowest BCUT2D eigenvalue weighted by Gasteiger charge is -2.09. The Morgan fingerprint density at radius 2 is 2.14 bits per heavy atom. The Bertz CT molecular complexity index is 674. The molecular formula is C13H17N3O4S. The van der Waals surface area contributed by atoms with E-state index >= 15 is 0 Å². The Kier molecular flexibility index (Phi) is 6.17. The van der Waals surface area contributed by atoms with E-state index in [4.69, 9.17) is 11.5 Å². The summed E-state index contributed by atoms with van der Waals surface area (Å²) < 4.78 is 31.1. The maximum Gasteiger partial charge on any atom is 0.404 e. The Labute approximate surface area is 123 Å². The number of aryl methyl sites for hydroxylation is 1. The zero-order chi connectivity index (χ0) is 15.9. The highest BCUT2D eigenvalue weighted by Gasteiger charge is 2.16. The number of amides is 1. The highest BCUT2D eigenvalue weighted by molar-refractivity contribution is 7.89. The number of hydrogen-bond donors (Lipinski definition) is 3. The van der Waals surface area contributed by atoms with E-state index in [2.05, 4.69) is 21.3 Å². The van der Waals surface area contributed by atoms with Gasteiger partial charge in [0, 0.05) is 12.1 Å². The van der Waals surface area contributed by atoms with Crippen molar-refractivity contribution in [1.29, 1.82) is 0 Å². The summed E-state index contributed by atoms with van der Waals surface area (Å²) in [7, 11) is -3.72. The van der Waals surface area contributed by atoms with Crippen molar-refractivity contribution in [3.05, 3.63) is 29.3 Å². The molecule has 0 radical (unpaired) electrons. The molecule has 0 bridgehead atoms. The van der Waals surface area contributed by atoms with Crippen LogP contribution in [0.3, 0.4) is 0 Å². The summed E-state index contributed by atoms with van der Waals surface area (Å²) in [6.45, 7) is 1.66. The lowest BCUT2D eigenvalue weighted by Crippen LogP contribution is -2.29. The first kappa shape index (κ1) is 17.0. The van der Waals surface area contributed by atoms with Crippen molar-refractivity contribution in [2.24, 2.45) is 11.5 Å². The van der Waals surface area contributed by atoms with Crippen LogP contribution in [0.15, 0.2) is 23.1 Å². The number of sulfonamides is 1. The van der Waals surface area contributed by atoms with Crippen LogP contribution in [0.2, 0.25) is 0 Å². The van der Waals surface area contributed by atoms with Gasteiger partial charge < -0.3 is 16.2 Å². The summed E-state index contributed by atoms with van der Waals surface area (Å²) in [5.74, 6) is 5.43. The van der Waals surface area contributed by atoms with E-state index in [0.717, 1.165) is 0 Å². The Morgan fingerprint density at radius 3 is 2.76 bits per heavy atom. The normalized spacial score (nSPS) is 10.6. The van der Waals surface area contributed by atoms with Crippen LogP contribution in [0.4, 0.5) is 4.79 Å². The molecule has 5 N–H and O–H groups in total. The number of hydrogen-bond acceptors (Lipinski definition) is 5. The molecular weight excluding hydrogens is 294 g/mol. The minimum Gasteiger partial charge on any atom is -0.448 e. The number of primary amides is 1. The number of carbonyl (C=O) groups excluding carboxylic acids is 1. The number of benzene rings is 1. The minimum atomic E-state index is -3.72. The van der Waals surface area contributed by atoms with E-state index in [-0.39, 0.29) is 24.6 Å². The summed E-state index contributed by atoms with van der Waals surface area (Å²) in [4.78, 5) is 10.5. The molecule has 1 rings (SSSR count). The average molecular weight is 311 g/mol. The average Bonchev–Trinajstić information content (AvgIpc) is 2.42. The van der Waals surface area contributed by atoms with Crippen LogP contribution in [-0.2, 0) is 14.8 Å². The molecule has 0 aromatic heterocycles. The smallest absolute Gasteiger partial charge is 0.404 e. The monoisotopic (exact) mass is 311 g/mol. The first-order chi connectivity index (χ1) is 9.86. The van der Waals surface area contributed by atoms with Gasteiger partial charge in [-0.3, -0.25) is 0 Å².